The Labute approximate surface area is 188 Å². The predicted octanol–water partition coefficient (Wildman–Crippen LogP) is 2.80. The van der Waals surface area contributed by atoms with Crippen molar-refractivity contribution in [3.63, 3.8) is 0 Å². The van der Waals surface area contributed by atoms with Crippen LogP contribution in [0.4, 0.5) is 5.95 Å². The van der Waals surface area contributed by atoms with E-state index >= 15 is 0 Å². The Morgan fingerprint density at radius 1 is 1.25 bits per heavy atom. The number of piperidine rings is 1. The Morgan fingerprint density at radius 3 is 2.53 bits per heavy atom. The maximum atomic E-state index is 13.3. The van der Waals surface area contributed by atoms with Gasteiger partial charge in [0.05, 0.1) is 29.5 Å². The SMILES string of the molecule is CN(C)C1CCN(c2nc(-c3ccc(C#N)cc3)c(C3C=CC(CO)=CC3)c(=O)[nH]2)CC1. The van der Waals surface area contributed by atoms with Crippen LogP contribution in [-0.2, 0) is 0 Å². The number of anilines is 1. The molecule has 0 bridgehead atoms. The van der Waals surface area contributed by atoms with E-state index in [0.717, 1.165) is 37.1 Å². The van der Waals surface area contributed by atoms with E-state index in [1.54, 1.807) is 12.1 Å². The Balaban J connectivity index is 1.73. The van der Waals surface area contributed by atoms with Crippen molar-refractivity contribution in [3.8, 4) is 17.3 Å². The van der Waals surface area contributed by atoms with Crippen molar-refractivity contribution >= 4 is 5.95 Å². The number of nitriles is 1. The number of rotatable bonds is 5. The number of aliphatic hydroxyl groups excluding tert-OH is 1. The molecular formula is C25H29N5O2. The number of H-pyrrole nitrogens is 1. The molecule has 0 radical (unpaired) electrons. The van der Waals surface area contributed by atoms with Gasteiger partial charge in [-0.2, -0.15) is 5.26 Å². The number of aromatic amines is 1. The number of nitrogens with one attached hydrogen (secondary N) is 1. The van der Waals surface area contributed by atoms with Gasteiger partial charge in [0, 0.05) is 30.6 Å². The quantitative estimate of drug-likeness (QED) is 0.756. The second kappa shape index (κ2) is 9.51. The minimum Gasteiger partial charge on any atom is -0.392 e. The molecule has 4 rings (SSSR count). The highest BCUT2D eigenvalue weighted by molar-refractivity contribution is 5.66. The second-order valence-electron chi connectivity index (χ2n) is 8.66. The molecule has 1 aliphatic heterocycles. The first-order valence-electron chi connectivity index (χ1n) is 11.0. The van der Waals surface area contributed by atoms with E-state index in [2.05, 4.69) is 34.9 Å². The van der Waals surface area contributed by atoms with Crippen LogP contribution < -0.4 is 10.5 Å². The molecule has 1 saturated heterocycles. The summed E-state index contributed by atoms with van der Waals surface area (Å²) in [6.45, 7) is 1.66. The van der Waals surface area contributed by atoms with E-state index in [9.17, 15) is 9.90 Å². The van der Waals surface area contributed by atoms with E-state index in [4.69, 9.17) is 10.2 Å². The lowest BCUT2D eigenvalue weighted by molar-refractivity contribution is 0.249. The van der Waals surface area contributed by atoms with Gasteiger partial charge in [-0.05, 0) is 51.1 Å². The van der Waals surface area contributed by atoms with Gasteiger partial charge in [-0.15, -0.1) is 0 Å². The van der Waals surface area contributed by atoms with Gasteiger partial charge < -0.3 is 14.9 Å². The average molecular weight is 432 g/mol. The molecule has 2 heterocycles. The van der Waals surface area contributed by atoms with E-state index in [0.29, 0.717) is 35.2 Å². The van der Waals surface area contributed by atoms with Crippen LogP contribution in [0.2, 0.25) is 0 Å². The van der Waals surface area contributed by atoms with Gasteiger partial charge in [-0.25, -0.2) is 4.98 Å². The van der Waals surface area contributed by atoms with Gasteiger partial charge in [-0.1, -0.05) is 30.4 Å². The normalized spacial score (nSPS) is 19.2. The minimum absolute atomic E-state index is 0.0118. The summed E-state index contributed by atoms with van der Waals surface area (Å²) in [6, 6.07) is 9.90. The summed E-state index contributed by atoms with van der Waals surface area (Å²) >= 11 is 0. The number of allylic oxidation sites excluding steroid dienone is 2. The van der Waals surface area contributed by atoms with Crippen LogP contribution in [0.15, 0.2) is 52.9 Å². The van der Waals surface area contributed by atoms with Crippen molar-refractivity contribution in [3.05, 3.63) is 69.5 Å². The Hall–Kier alpha value is -3.21. The second-order valence-corrected chi connectivity index (χ2v) is 8.66. The van der Waals surface area contributed by atoms with E-state index in [1.807, 2.05) is 30.4 Å². The third kappa shape index (κ3) is 4.52. The smallest absolute Gasteiger partial charge is 0.256 e. The van der Waals surface area contributed by atoms with Gasteiger partial charge in [0.1, 0.15) is 0 Å². The number of hydrogen-bond donors (Lipinski definition) is 2. The number of hydrogen-bond acceptors (Lipinski definition) is 6. The average Bonchev–Trinajstić information content (AvgIpc) is 2.84. The van der Waals surface area contributed by atoms with Crippen LogP contribution in [0.5, 0.6) is 0 Å². The fourth-order valence-corrected chi connectivity index (χ4v) is 4.48. The summed E-state index contributed by atoms with van der Waals surface area (Å²) in [4.78, 5) is 25.7. The topological polar surface area (TPSA) is 96.2 Å². The van der Waals surface area contributed by atoms with Crippen molar-refractivity contribution in [2.75, 3.05) is 38.7 Å². The van der Waals surface area contributed by atoms with Gasteiger partial charge in [0.2, 0.25) is 5.95 Å². The van der Waals surface area contributed by atoms with Crippen molar-refractivity contribution in [2.24, 2.45) is 0 Å². The van der Waals surface area contributed by atoms with E-state index in [-0.39, 0.29) is 18.1 Å². The molecule has 166 valence electrons. The van der Waals surface area contributed by atoms with Crippen molar-refractivity contribution in [1.82, 2.24) is 14.9 Å². The maximum absolute atomic E-state index is 13.3. The molecule has 7 heteroatoms. The molecule has 1 fully saturated rings. The number of nitrogens with zero attached hydrogens (tertiary/aromatic N) is 4. The predicted molar refractivity (Wildman–Crippen MR) is 126 cm³/mol. The van der Waals surface area contributed by atoms with Crippen LogP contribution in [0.3, 0.4) is 0 Å². The van der Waals surface area contributed by atoms with Crippen LogP contribution >= 0.6 is 0 Å². The molecule has 1 aromatic heterocycles. The molecule has 0 spiro atoms. The Morgan fingerprint density at radius 2 is 1.97 bits per heavy atom. The van der Waals surface area contributed by atoms with Gasteiger partial charge >= 0.3 is 0 Å². The fraction of sp³-hybridized carbons (Fsp3) is 0.400. The van der Waals surface area contributed by atoms with Crippen molar-refractivity contribution in [2.45, 2.75) is 31.2 Å². The minimum atomic E-state index is -0.139. The monoisotopic (exact) mass is 431 g/mol. The number of benzene rings is 1. The van der Waals surface area contributed by atoms with Gasteiger partial charge in [-0.3, -0.25) is 9.78 Å². The summed E-state index contributed by atoms with van der Waals surface area (Å²) in [5.74, 6) is 0.474. The van der Waals surface area contributed by atoms with Crippen LogP contribution in [0.25, 0.3) is 11.3 Å². The maximum Gasteiger partial charge on any atom is 0.256 e. The molecule has 0 saturated carbocycles. The van der Waals surface area contributed by atoms with E-state index in [1.165, 1.54) is 0 Å². The van der Waals surface area contributed by atoms with E-state index < -0.39 is 0 Å². The van der Waals surface area contributed by atoms with Crippen molar-refractivity contribution in [1.29, 1.82) is 5.26 Å². The zero-order valence-corrected chi connectivity index (χ0v) is 18.6. The highest BCUT2D eigenvalue weighted by Crippen LogP contribution is 2.32. The highest BCUT2D eigenvalue weighted by atomic mass is 16.3. The van der Waals surface area contributed by atoms with Crippen LogP contribution in [-0.4, -0.2) is 59.8 Å². The molecule has 1 unspecified atom stereocenters. The fourth-order valence-electron chi connectivity index (χ4n) is 4.48. The summed E-state index contributed by atoms with van der Waals surface area (Å²) in [5, 5.41) is 18.5. The summed E-state index contributed by atoms with van der Waals surface area (Å²) in [5.41, 5.74) is 3.37. The molecular weight excluding hydrogens is 402 g/mol. The lowest BCUT2D eigenvalue weighted by atomic mass is 9.88. The largest absolute Gasteiger partial charge is 0.392 e. The first kappa shape index (κ1) is 22.0. The standard InChI is InChI=1S/C25H29N5O2/c1-29(2)21-11-13-30(14-12-21)25-27-23(20-9-3-17(15-26)4-10-20)22(24(32)28-25)19-7-5-18(16-31)6-8-19/h3-7,9-10,19,21,31H,8,11-14,16H2,1-2H3,(H,27,28,32). The Bertz CT molecular complexity index is 1120. The van der Waals surface area contributed by atoms with Crippen LogP contribution in [0, 0.1) is 11.3 Å². The molecule has 7 nitrogen and oxygen atoms in total. The number of aliphatic hydroxyl groups is 1. The zero-order chi connectivity index (χ0) is 22.7. The number of aromatic nitrogens is 2. The highest BCUT2D eigenvalue weighted by Gasteiger charge is 2.26. The summed E-state index contributed by atoms with van der Waals surface area (Å²) < 4.78 is 0. The molecule has 1 aliphatic carbocycles. The first-order chi connectivity index (χ1) is 15.5. The first-order valence-corrected chi connectivity index (χ1v) is 11.0. The third-order valence-corrected chi connectivity index (χ3v) is 6.45. The summed E-state index contributed by atoms with van der Waals surface area (Å²) in [7, 11) is 4.21. The molecule has 2 N–H and O–H groups in total. The molecule has 0 amide bonds. The van der Waals surface area contributed by atoms with Gasteiger partial charge in [0.25, 0.3) is 5.56 Å². The zero-order valence-electron chi connectivity index (χ0n) is 18.6. The lowest BCUT2D eigenvalue weighted by Gasteiger charge is -2.35. The Kier molecular flexibility index (Phi) is 6.54. The molecule has 2 aromatic rings. The molecule has 32 heavy (non-hydrogen) atoms. The third-order valence-electron chi connectivity index (χ3n) is 6.45. The van der Waals surface area contributed by atoms with Crippen LogP contribution in [0.1, 0.15) is 36.3 Å². The molecule has 2 aliphatic rings. The van der Waals surface area contributed by atoms with Gasteiger partial charge in [0.15, 0.2) is 0 Å². The lowest BCUT2D eigenvalue weighted by Crippen LogP contribution is -2.43. The molecule has 1 atom stereocenters. The van der Waals surface area contributed by atoms with Crippen molar-refractivity contribution < 1.29 is 5.11 Å². The molecule has 1 aromatic carbocycles. The summed E-state index contributed by atoms with van der Waals surface area (Å²) in [6.07, 6.45) is 8.47.